The van der Waals surface area contributed by atoms with Gasteiger partial charge in [0.2, 0.25) is 0 Å². The Balaban J connectivity index is 1.39. The van der Waals surface area contributed by atoms with Crippen LogP contribution in [0.25, 0.3) is 11.4 Å². The van der Waals surface area contributed by atoms with Crippen molar-refractivity contribution in [2.45, 2.75) is 38.7 Å². The molecule has 2 aromatic carbocycles. The molecule has 2 atom stereocenters. The molecule has 1 aromatic heterocycles. The fourth-order valence-electron chi connectivity index (χ4n) is 4.08. The third-order valence-corrected chi connectivity index (χ3v) is 5.78. The highest BCUT2D eigenvalue weighted by Gasteiger charge is 2.25. The number of aromatic nitrogens is 2. The molecule has 3 aromatic rings. The van der Waals surface area contributed by atoms with E-state index in [0.717, 1.165) is 48.0 Å². The maximum absolute atomic E-state index is 11.4. The first-order valence-corrected chi connectivity index (χ1v) is 11.0. The maximum atomic E-state index is 11.4. The van der Waals surface area contributed by atoms with Gasteiger partial charge in [0.1, 0.15) is 29.2 Å². The zero-order chi connectivity index (χ0) is 22.5. The monoisotopic (exact) mass is 431 g/mol. The molecule has 0 aliphatic carbocycles. The lowest BCUT2D eigenvalue weighted by atomic mass is 9.96. The lowest BCUT2D eigenvalue weighted by molar-refractivity contribution is -0.117. The topological polar surface area (TPSA) is 64.6 Å². The maximum Gasteiger partial charge on any atom is 0.161 e. The minimum Gasteiger partial charge on any atom is -0.497 e. The number of rotatable bonds is 8. The van der Waals surface area contributed by atoms with Crippen molar-refractivity contribution in [2.75, 3.05) is 25.1 Å². The predicted octanol–water partition coefficient (Wildman–Crippen LogP) is 4.89. The molecule has 2 heterocycles. The lowest BCUT2D eigenvalue weighted by Gasteiger charge is -2.19. The van der Waals surface area contributed by atoms with Gasteiger partial charge in [-0.1, -0.05) is 31.2 Å². The van der Waals surface area contributed by atoms with E-state index in [1.165, 1.54) is 0 Å². The smallest absolute Gasteiger partial charge is 0.161 e. The molecule has 0 spiro atoms. The fourth-order valence-corrected chi connectivity index (χ4v) is 4.08. The zero-order valence-corrected chi connectivity index (χ0v) is 18.8. The molecule has 0 saturated carbocycles. The summed E-state index contributed by atoms with van der Waals surface area (Å²) in [5.74, 6) is 3.66. The Morgan fingerprint density at radius 2 is 1.97 bits per heavy atom. The van der Waals surface area contributed by atoms with E-state index in [9.17, 15) is 4.79 Å². The van der Waals surface area contributed by atoms with Gasteiger partial charge in [-0.25, -0.2) is 9.97 Å². The highest BCUT2D eigenvalue weighted by Crippen LogP contribution is 2.27. The summed E-state index contributed by atoms with van der Waals surface area (Å²) < 4.78 is 11.5. The fraction of sp³-hybridized carbons (Fsp3) is 0.346. The van der Waals surface area contributed by atoms with Crippen LogP contribution < -0.4 is 14.4 Å². The number of ketones is 1. The molecule has 0 bridgehead atoms. The van der Waals surface area contributed by atoms with Gasteiger partial charge in [0.05, 0.1) is 13.7 Å². The summed E-state index contributed by atoms with van der Waals surface area (Å²) >= 11 is 0. The van der Waals surface area contributed by atoms with Crippen LogP contribution in [0, 0.1) is 0 Å². The summed E-state index contributed by atoms with van der Waals surface area (Å²) in [6.45, 7) is 5.37. The van der Waals surface area contributed by atoms with Crippen molar-refractivity contribution in [1.29, 1.82) is 0 Å². The van der Waals surface area contributed by atoms with Gasteiger partial charge in [-0.05, 0) is 48.7 Å². The van der Waals surface area contributed by atoms with E-state index in [0.29, 0.717) is 12.2 Å². The van der Waals surface area contributed by atoms with Crippen LogP contribution >= 0.6 is 0 Å². The Morgan fingerprint density at radius 1 is 1.16 bits per heavy atom. The number of ether oxygens (including phenoxy) is 2. The molecule has 1 aliphatic rings. The van der Waals surface area contributed by atoms with Crippen LogP contribution in [-0.2, 0) is 4.79 Å². The van der Waals surface area contributed by atoms with Crippen LogP contribution in [0.15, 0.2) is 60.8 Å². The second-order valence-electron chi connectivity index (χ2n) is 8.32. The third kappa shape index (κ3) is 5.25. The number of carbonyl (C=O) groups excluding carboxylic acids is 1. The highest BCUT2D eigenvalue weighted by molar-refractivity contribution is 5.76. The summed E-state index contributed by atoms with van der Waals surface area (Å²) in [5, 5.41) is 0. The largest absolute Gasteiger partial charge is 0.497 e. The Morgan fingerprint density at radius 3 is 2.72 bits per heavy atom. The van der Waals surface area contributed by atoms with Crippen LogP contribution in [0.1, 0.15) is 38.2 Å². The van der Waals surface area contributed by atoms with E-state index >= 15 is 0 Å². The Kier molecular flexibility index (Phi) is 6.69. The minimum atomic E-state index is 0.103. The van der Waals surface area contributed by atoms with Gasteiger partial charge < -0.3 is 19.2 Å². The van der Waals surface area contributed by atoms with Crippen molar-refractivity contribution >= 4 is 11.6 Å². The number of anilines is 1. The molecular formula is C26H29N3O3. The summed E-state index contributed by atoms with van der Waals surface area (Å²) in [6, 6.07) is 17.8. The average molecular weight is 432 g/mol. The van der Waals surface area contributed by atoms with Gasteiger partial charge >= 0.3 is 0 Å². The van der Waals surface area contributed by atoms with Crippen LogP contribution in [-0.4, -0.2) is 42.1 Å². The second-order valence-corrected chi connectivity index (χ2v) is 8.32. The molecule has 4 rings (SSSR count). The number of Topliss-reactive ketones (excluding diaryl/α,β-unsaturated/α-hetero) is 1. The molecule has 1 fully saturated rings. The van der Waals surface area contributed by atoms with E-state index in [4.69, 9.17) is 14.5 Å². The van der Waals surface area contributed by atoms with Gasteiger partial charge in [0.25, 0.3) is 0 Å². The summed E-state index contributed by atoms with van der Waals surface area (Å²) in [5.41, 5.74) is 2.09. The van der Waals surface area contributed by atoms with Gasteiger partial charge in [-0.15, -0.1) is 0 Å². The first-order chi connectivity index (χ1) is 15.5. The highest BCUT2D eigenvalue weighted by atomic mass is 16.5. The molecule has 1 saturated heterocycles. The van der Waals surface area contributed by atoms with Crippen LogP contribution in [0.5, 0.6) is 11.5 Å². The van der Waals surface area contributed by atoms with Crippen LogP contribution in [0.2, 0.25) is 0 Å². The number of nitrogens with zero attached hydrogens (tertiary/aromatic N) is 3. The molecule has 32 heavy (non-hydrogen) atoms. The molecule has 0 amide bonds. The minimum absolute atomic E-state index is 0.103. The molecule has 0 N–H and O–H groups in total. The molecule has 0 radical (unpaired) electrons. The van der Waals surface area contributed by atoms with E-state index < -0.39 is 0 Å². The van der Waals surface area contributed by atoms with Crippen molar-refractivity contribution in [1.82, 2.24) is 9.97 Å². The zero-order valence-electron chi connectivity index (χ0n) is 18.8. The third-order valence-electron chi connectivity index (χ3n) is 5.78. The Bertz CT molecular complexity index is 1070. The quantitative estimate of drug-likeness (QED) is 0.506. The van der Waals surface area contributed by atoms with Crippen LogP contribution in [0.4, 0.5) is 5.82 Å². The normalized spacial score (nSPS) is 16.6. The number of benzene rings is 2. The molecule has 0 unspecified atom stereocenters. The first-order valence-electron chi connectivity index (χ1n) is 11.0. The number of carbonyl (C=O) groups is 1. The van der Waals surface area contributed by atoms with Crippen molar-refractivity contribution in [3.8, 4) is 22.9 Å². The second kappa shape index (κ2) is 9.81. The van der Waals surface area contributed by atoms with Crippen LogP contribution in [0.3, 0.4) is 0 Å². The summed E-state index contributed by atoms with van der Waals surface area (Å²) in [7, 11) is 1.65. The summed E-state index contributed by atoms with van der Waals surface area (Å²) in [6.07, 6.45) is 3.40. The van der Waals surface area contributed by atoms with Crippen molar-refractivity contribution < 1.29 is 14.3 Å². The molecule has 6 heteroatoms. The molecule has 6 nitrogen and oxygen atoms in total. The van der Waals surface area contributed by atoms with Gasteiger partial charge in [-0.3, -0.25) is 0 Å². The first kappa shape index (κ1) is 21.8. The van der Waals surface area contributed by atoms with Gasteiger partial charge in [-0.2, -0.15) is 0 Å². The SMILES string of the molecule is COc1cccc(-c2nccc(N3CC[C@@H](Oc4ccc([C@H](C)CC(C)=O)cc4)C3)n2)c1. The lowest BCUT2D eigenvalue weighted by Crippen LogP contribution is -2.25. The predicted molar refractivity (Wildman–Crippen MR) is 125 cm³/mol. The number of methoxy groups -OCH3 is 1. The average Bonchev–Trinajstić information content (AvgIpc) is 3.28. The van der Waals surface area contributed by atoms with E-state index in [-0.39, 0.29) is 17.8 Å². The van der Waals surface area contributed by atoms with Gasteiger partial charge in [0.15, 0.2) is 5.82 Å². The summed E-state index contributed by atoms with van der Waals surface area (Å²) in [4.78, 5) is 22.8. The standard InChI is InChI=1S/C26H29N3O3/c1-18(15-19(2)30)20-7-9-22(10-8-20)32-24-12-14-29(17-24)25-11-13-27-26(28-25)21-5-4-6-23(16-21)31-3/h4-11,13,16,18,24H,12,14-15,17H2,1-3H3/t18-,24-/m1/s1. The number of hydrogen-bond donors (Lipinski definition) is 0. The van der Waals surface area contributed by atoms with Crippen molar-refractivity contribution in [2.24, 2.45) is 0 Å². The van der Waals surface area contributed by atoms with E-state index in [2.05, 4.69) is 28.9 Å². The molecular weight excluding hydrogens is 402 g/mol. The van der Waals surface area contributed by atoms with Gasteiger partial charge in [0, 0.05) is 31.1 Å². The van der Waals surface area contributed by atoms with Crippen molar-refractivity contribution in [3.05, 3.63) is 66.4 Å². The van der Waals surface area contributed by atoms with E-state index in [1.807, 2.05) is 42.5 Å². The van der Waals surface area contributed by atoms with Crippen molar-refractivity contribution in [3.63, 3.8) is 0 Å². The van der Waals surface area contributed by atoms with E-state index in [1.54, 1.807) is 20.2 Å². The number of hydrogen-bond acceptors (Lipinski definition) is 6. The Hall–Kier alpha value is -3.41. The Labute approximate surface area is 189 Å². The molecule has 1 aliphatic heterocycles. The molecule has 166 valence electrons.